The monoisotopic (exact) mass is 143 g/mol. The summed E-state index contributed by atoms with van der Waals surface area (Å²) in [5.74, 6) is 0. The summed E-state index contributed by atoms with van der Waals surface area (Å²) in [6.45, 7) is 8.09. The van der Waals surface area contributed by atoms with Gasteiger partial charge in [-0.05, 0) is 20.3 Å². The lowest BCUT2D eigenvalue weighted by molar-refractivity contribution is -0.111. The Balaban J connectivity index is 2.29. The van der Waals surface area contributed by atoms with Crippen molar-refractivity contribution in [3.05, 3.63) is 0 Å². The van der Waals surface area contributed by atoms with Crippen LogP contribution in [-0.2, 0) is 0 Å². The average Bonchev–Trinajstić information content (AvgIpc) is 1.80. The summed E-state index contributed by atoms with van der Waals surface area (Å²) in [6.07, 6.45) is 0.885. The van der Waals surface area contributed by atoms with Crippen molar-refractivity contribution in [3.63, 3.8) is 0 Å². The molecule has 0 amide bonds. The van der Waals surface area contributed by atoms with E-state index in [0.717, 1.165) is 19.5 Å². The van der Waals surface area contributed by atoms with Gasteiger partial charge in [0.1, 0.15) is 0 Å². The number of β-amino-alcohol motifs (C(OH)–C–C–N with tert-alkyl or cyclic N) is 1. The lowest BCUT2D eigenvalue weighted by Crippen LogP contribution is -2.63. The van der Waals surface area contributed by atoms with Crippen LogP contribution in [0.15, 0.2) is 0 Å². The van der Waals surface area contributed by atoms with Crippen molar-refractivity contribution in [3.8, 4) is 0 Å². The molecule has 60 valence electrons. The van der Waals surface area contributed by atoms with Crippen molar-refractivity contribution in [2.75, 3.05) is 13.1 Å². The maximum absolute atomic E-state index is 9.60. The van der Waals surface area contributed by atoms with Crippen molar-refractivity contribution in [1.29, 1.82) is 0 Å². The molecule has 2 nitrogen and oxygen atoms in total. The van der Waals surface area contributed by atoms with Gasteiger partial charge >= 0.3 is 0 Å². The second-order valence-electron chi connectivity index (χ2n) is 3.58. The fourth-order valence-corrected chi connectivity index (χ4v) is 1.30. The smallest absolute Gasteiger partial charge is 0.0897 e. The molecule has 0 spiro atoms. The molecule has 0 aliphatic carbocycles. The topological polar surface area (TPSA) is 23.5 Å². The number of hydrogen-bond donors (Lipinski definition) is 1. The van der Waals surface area contributed by atoms with Gasteiger partial charge in [-0.3, -0.25) is 4.90 Å². The maximum atomic E-state index is 9.60. The van der Waals surface area contributed by atoms with E-state index in [1.807, 2.05) is 6.92 Å². The third-order valence-electron chi connectivity index (χ3n) is 2.38. The zero-order valence-electron chi connectivity index (χ0n) is 7.09. The molecule has 1 heterocycles. The van der Waals surface area contributed by atoms with E-state index in [1.165, 1.54) is 0 Å². The fourth-order valence-electron chi connectivity index (χ4n) is 1.30. The Labute approximate surface area is 62.8 Å². The molecule has 1 aliphatic heterocycles. The van der Waals surface area contributed by atoms with E-state index in [2.05, 4.69) is 18.7 Å². The van der Waals surface area contributed by atoms with Gasteiger partial charge in [-0.15, -0.1) is 0 Å². The fraction of sp³-hybridized carbons (Fsp3) is 1.00. The van der Waals surface area contributed by atoms with Crippen molar-refractivity contribution >= 4 is 0 Å². The highest BCUT2D eigenvalue weighted by Gasteiger charge is 2.40. The number of hydrogen-bond acceptors (Lipinski definition) is 2. The van der Waals surface area contributed by atoms with Gasteiger partial charge in [0.25, 0.3) is 0 Å². The molecule has 1 fully saturated rings. The van der Waals surface area contributed by atoms with Gasteiger partial charge < -0.3 is 5.11 Å². The van der Waals surface area contributed by atoms with Crippen LogP contribution in [0, 0.1) is 0 Å². The zero-order valence-corrected chi connectivity index (χ0v) is 7.09. The molecule has 0 aromatic rings. The van der Waals surface area contributed by atoms with Gasteiger partial charge in [0.15, 0.2) is 0 Å². The van der Waals surface area contributed by atoms with Crippen LogP contribution in [-0.4, -0.2) is 34.7 Å². The Morgan fingerprint density at radius 2 is 2.00 bits per heavy atom. The first-order valence-corrected chi connectivity index (χ1v) is 4.04. The highest BCUT2D eigenvalue weighted by atomic mass is 16.3. The standard InChI is InChI=1S/C8H17NO/c1-4-8(10)5-9(6-8)7(2)3/h7,10H,4-6H2,1-3H3. The number of rotatable bonds is 2. The summed E-state index contributed by atoms with van der Waals surface area (Å²) in [5, 5.41) is 9.60. The first-order valence-electron chi connectivity index (χ1n) is 4.04. The minimum atomic E-state index is -0.357. The molecule has 1 aliphatic rings. The highest BCUT2D eigenvalue weighted by Crippen LogP contribution is 2.25. The number of likely N-dealkylation sites (tertiary alicyclic amines) is 1. The molecule has 1 N–H and O–H groups in total. The van der Waals surface area contributed by atoms with Crippen LogP contribution in [0.3, 0.4) is 0 Å². The molecule has 0 aromatic carbocycles. The summed E-state index contributed by atoms with van der Waals surface area (Å²) in [5.41, 5.74) is -0.357. The Morgan fingerprint density at radius 1 is 1.50 bits per heavy atom. The summed E-state index contributed by atoms with van der Waals surface area (Å²) < 4.78 is 0. The van der Waals surface area contributed by atoms with Crippen molar-refractivity contribution in [2.45, 2.75) is 38.8 Å². The molecule has 1 saturated heterocycles. The van der Waals surface area contributed by atoms with Crippen LogP contribution < -0.4 is 0 Å². The minimum Gasteiger partial charge on any atom is -0.387 e. The molecule has 0 atom stereocenters. The Hall–Kier alpha value is -0.0800. The lowest BCUT2D eigenvalue weighted by Gasteiger charge is -2.48. The molecular formula is C8H17NO. The van der Waals surface area contributed by atoms with E-state index in [9.17, 15) is 5.11 Å². The number of nitrogens with zero attached hydrogens (tertiary/aromatic N) is 1. The largest absolute Gasteiger partial charge is 0.387 e. The van der Waals surface area contributed by atoms with Crippen LogP contribution in [0.1, 0.15) is 27.2 Å². The lowest BCUT2D eigenvalue weighted by atomic mass is 9.90. The second-order valence-corrected chi connectivity index (χ2v) is 3.58. The van der Waals surface area contributed by atoms with Crippen LogP contribution >= 0.6 is 0 Å². The minimum absolute atomic E-state index is 0.357. The van der Waals surface area contributed by atoms with Gasteiger partial charge in [0.05, 0.1) is 5.60 Å². The van der Waals surface area contributed by atoms with Gasteiger partial charge in [-0.25, -0.2) is 0 Å². The van der Waals surface area contributed by atoms with Crippen LogP contribution in [0.4, 0.5) is 0 Å². The summed E-state index contributed by atoms with van der Waals surface area (Å²) in [7, 11) is 0. The van der Waals surface area contributed by atoms with E-state index in [-0.39, 0.29) is 5.60 Å². The predicted octanol–water partition coefficient (Wildman–Crippen LogP) is 0.851. The molecule has 0 radical (unpaired) electrons. The van der Waals surface area contributed by atoms with Gasteiger partial charge in [0.2, 0.25) is 0 Å². The first-order chi connectivity index (χ1) is 4.57. The molecule has 0 saturated carbocycles. The third-order valence-corrected chi connectivity index (χ3v) is 2.38. The third kappa shape index (κ3) is 1.32. The van der Waals surface area contributed by atoms with E-state index in [0.29, 0.717) is 6.04 Å². The zero-order chi connectivity index (χ0) is 7.78. The first kappa shape index (κ1) is 8.02. The molecule has 0 unspecified atom stereocenters. The average molecular weight is 143 g/mol. The Bertz CT molecular complexity index is 116. The summed E-state index contributed by atoms with van der Waals surface area (Å²) >= 11 is 0. The summed E-state index contributed by atoms with van der Waals surface area (Å²) in [4.78, 5) is 2.28. The molecule has 1 rings (SSSR count). The van der Waals surface area contributed by atoms with Crippen molar-refractivity contribution in [2.24, 2.45) is 0 Å². The van der Waals surface area contributed by atoms with E-state index in [4.69, 9.17) is 0 Å². The molecule has 0 aromatic heterocycles. The molecule has 0 bridgehead atoms. The maximum Gasteiger partial charge on any atom is 0.0897 e. The van der Waals surface area contributed by atoms with Gasteiger partial charge in [0, 0.05) is 19.1 Å². The molecular weight excluding hydrogens is 126 g/mol. The highest BCUT2D eigenvalue weighted by molar-refractivity contribution is 4.95. The quantitative estimate of drug-likeness (QED) is 0.619. The van der Waals surface area contributed by atoms with Crippen molar-refractivity contribution < 1.29 is 5.11 Å². The number of aliphatic hydroxyl groups is 1. The van der Waals surface area contributed by atoms with Gasteiger partial charge in [-0.2, -0.15) is 0 Å². The predicted molar refractivity (Wildman–Crippen MR) is 41.9 cm³/mol. The van der Waals surface area contributed by atoms with Crippen molar-refractivity contribution in [1.82, 2.24) is 4.90 Å². The van der Waals surface area contributed by atoms with E-state index >= 15 is 0 Å². The Morgan fingerprint density at radius 3 is 2.30 bits per heavy atom. The Kier molecular flexibility index (Phi) is 2.02. The normalized spacial score (nSPS) is 24.9. The SMILES string of the molecule is CCC1(O)CN(C(C)C)C1. The second kappa shape index (κ2) is 2.51. The van der Waals surface area contributed by atoms with E-state index < -0.39 is 0 Å². The van der Waals surface area contributed by atoms with Gasteiger partial charge in [-0.1, -0.05) is 6.92 Å². The summed E-state index contributed by atoms with van der Waals surface area (Å²) in [6, 6.07) is 0.590. The van der Waals surface area contributed by atoms with Crippen LogP contribution in [0.2, 0.25) is 0 Å². The van der Waals surface area contributed by atoms with E-state index in [1.54, 1.807) is 0 Å². The van der Waals surface area contributed by atoms with Crippen LogP contribution in [0.5, 0.6) is 0 Å². The molecule has 2 heteroatoms. The van der Waals surface area contributed by atoms with Crippen LogP contribution in [0.25, 0.3) is 0 Å². The molecule has 10 heavy (non-hydrogen) atoms.